The molecule has 0 aromatic heterocycles. The van der Waals surface area contributed by atoms with Crippen molar-refractivity contribution in [1.29, 1.82) is 0 Å². The van der Waals surface area contributed by atoms with E-state index < -0.39 is 5.82 Å². The molecule has 0 saturated carbocycles. The minimum Gasteiger partial charge on any atom is -0.347 e. The molecule has 4 nitrogen and oxygen atoms in total. The average Bonchev–Trinajstić information content (AvgIpc) is 2.40. The van der Waals surface area contributed by atoms with Crippen LogP contribution in [-0.2, 0) is 6.54 Å². The number of hydrogen-bond acceptors (Lipinski definition) is 3. The molecule has 1 aliphatic rings. The molecule has 1 aromatic rings. The summed E-state index contributed by atoms with van der Waals surface area (Å²) < 4.78 is 14.6. The molecule has 0 spiro atoms. The second-order valence-corrected chi connectivity index (χ2v) is 6.51. The SMILES string of the molecule is CC(C)(C)NC(=O)c1cccc(CN2CCNCC2)c1F. The molecule has 2 rings (SSSR count). The second-order valence-electron chi connectivity index (χ2n) is 6.51. The van der Waals surface area contributed by atoms with Crippen LogP contribution in [0.2, 0.25) is 0 Å². The fraction of sp³-hybridized carbons (Fsp3) is 0.562. The van der Waals surface area contributed by atoms with Gasteiger partial charge in [-0.05, 0) is 26.8 Å². The van der Waals surface area contributed by atoms with E-state index in [2.05, 4.69) is 15.5 Å². The Bertz CT molecular complexity index is 505. The van der Waals surface area contributed by atoms with Gasteiger partial charge in [0.15, 0.2) is 0 Å². The lowest BCUT2D eigenvalue weighted by Gasteiger charge is -2.27. The zero-order chi connectivity index (χ0) is 15.5. The fourth-order valence-electron chi connectivity index (χ4n) is 2.40. The molecular weight excluding hydrogens is 269 g/mol. The van der Waals surface area contributed by atoms with Crippen LogP contribution < -0.4 is 10.6 Å². The maximum atomic E-state index is 14.6. The number of rotatable bonds is 3. The fourth-order valence-corrected chi connectivity index (χ4v) is 2.40. The lowest BCUT2D eigenvalue weighted by molar-refractivity contribution is 0.0915. The van der Waals surface area contributed by atoms with Gasteiger partial charge in [-0.1, -0.05) is 12.1 Å². The number of nitrogens with one attached hydrogen (secondary N) is 2. The van der Waals surface area contributed by atoms with Crippen molar-refractivity contribution < 1.29 is 9.18 Å². The third-order valence-corrected chi connectivity index (χ3v) is 3.42. The summed E-state index contributed by atoms with van der Waals surface area (Å²) in [6.45, 7) is 9.84. The van der Waals surface area contributed by atoms with Gasteiger partial charge in [0, 0.05) is 43.8 Å². The summed E-state index contributed by atoms with van der Waals surface area (Å²) in [4.78, 5) is 14.3. The Kier molecular flexibility index (Phi) is 4.96. The first kappa shape index (κ1) is 15.9. The lowest BCUT2D eigenvalue weighted by atomic mass is 10.0. The van der Waals surface area contributed by atoms with Gasteiger partial charge in [-0.2, -0.15) is 0 Å². The van der Waals surface area contributed by atoms with Crippen molar-refractivity contribution >= 4 is 5.91 Å². The van der Waals surface area contributed by atoms with E-state index in [-0.39, 0.29) is 17.0 Å². The van der Waals surface area contributed by atoms with E-state index in [1.807, 2.05) is 20.8 Å². The van der Waals surface area contributed by atoms with Crippen molar-refractivity contribution in [3.8, 4) is 0 Å². The van der Waals surface area contributed by atoms with Crippen LogP contribution in [0.3, 0.4) is 0 Å². The van der Waals surface area contributed by atoms with Crippen LogP contribution in [0.4, 0.5) is 4.39 Å². The van der Waals surface area contributed by atoms with Gasteiger partial charge < -0.3 is 10.6 Å². The molecule has 1 aromatic carbocycles. The normalized spacial score (nSPS) is 16.8. The van der Waals surface area contributed by atoms with Crippen LogP contribution in [0.5, 0.6) is 0 Å². The molecule has 0 radical (unpaired) electrons. The summed E-state index contributed by atoms with van der Waals surface area (Å²) in [6, 6.07) is 5.04. The molecule has 0 unspecified atom stereocenters. The van der Waals surface area contributed by atoms with Crippen molar-refractivity contribution in [2.45, 2.75) is 32.9 Å². The molecule has 1 amide bonds. The minimum atomic E-state index is -0.405. The molecular formula is C16H24FN3O. The van der Waals surface area contributed by atoms with Gasteiger partial charge in [0.2, 0.25) is 0 Å². The Balaban J connectivity index is 2.13. The Hall–Kier alpha value is -1.46. The Labute approximate surface area is 125 Å². The summed E-state index contributed by atoms with van der Waals surface area (Å²) in [6.07, 6.45) is 0. The summed E-state index contributed by atoms with van der Waals surface area (Å²) in [5.74, 6) is -0.764. The smallest absolute Gasteiger partial charge is 0.254 e. The summed E-state index contributed by atoms with van der Waals surface area (Å²) in [5.41, 5.74) is 0.328. The quantitative estimate of drug-likeness (QED) is 0.892. The van der Waals surface area contributed by atoms with Gasteiger partial charge in [-0.3, -0.25) is 9.69 Å². The minimum absolute atomic E-state index is 0.123. The van der Waals surface area contributed by atoms with E-state index in [1.54, 1.807) is 12.1 Å². The third kappa shape index (κ3) is 4.51. The first-order chi connectivity index (χ1) is 9.87. The number of halogens is 1. The molecule has 2 N–H and O–H groups in total. The number of piperazine rings is 1. The molecule has 21 heavy (non-hydrogen) atoms. The van der Waals surface area contributed by atoms with E-state index in [9.17, 15) is 9.18 Å². The molecule has 1 saturated heterocycles. The number of nitrogens with zero attached hydrogens (tertiary/aromatic N) is 1. The van der Waals surface area contributed by atoms with Crippen LogP contribution in [0.25, 0.3) is 0 Å². The number of hydrogen-bond donors (Lipinski definition) is 2. The molecule has 0 bridgehead atoms. The Morgan fingerprint density at radius 1 is 1.33 bits per heavy atom. The van der Waals surface area contributed by atoms with Crippen LogP contribution in [0, 0.1) is 5.82 Å². The number of benzene rings is 1. The topological polar surface area (TPSA) is 44.4 Å². The van der Waals surface area contributed by atoms with Gasteiger partial charge in [-0.15, -0.1) is 0 Å². The molecule has 1 heterocycles. The Morgan fingerprint density at radius 3 is 2.62 bits per heavy atom. The molecule has 1 fully saturated rings. The highest BCUT2D eigenvalue weighted by molar-refractivity contribution is 5.95. The molecule has 5 heteroatoms. The monoisotopic (exact) mass is 293 g/mol. The van der Waals surface area contributed by atoms with E-state index in [0.29, 0.717) is 12.1 Å². The van der Waals surface area contributed by atoms with Gasteiger partial charge in [-0.25, -0.2) is 4.39 Å². The lowest BCUT2D eigenvalue weighted by Crippen LogP contribution is -2.43. The number of carbonyl (C=O) groups excluding carboxylic acids is 1. The summed E-state index contributed by atoms with van der Waals surface area (Å²) in [7, 11) is 0. The van der Waals surface area contributed by atoms with Crippen LogP contribution in [-0.4, -0.2) is 42.5 Å². The van der Waals surface area contributed by atoms with E-state index in [1.165, 1.54) is 6.07 Å². The maximum Gasteiger partial charge on any atom is 0.254 e. The highest BCUT2D eigenvalue weighted by Crippen LogP contribution is 2.16. The van der Waals surface area contributed by atoms with Gasteiger partial charge in [0.1, 0.15) is 5.82 Å². The predicted molar refractivity (Wildman–Crippen MR) is 81.8 cm³/mol. The Morgan fingerprint density at radius 2 is 2.00 bits per heavy atom. The van der Waals surface area contributed by atoms with Crippen molar-refractivity contribution in [3.05, 3.63) is 35.1 Å². The highest BCUT2D eigenvalue weighted by Gasteiger charge is 2.21. The summed E-state index contributed by atoms with van der Waals surface area (Å²) >= 11 is 0. The zero-order valence-corrected chi connectivity index (χ0v) is 13.0. The van der Waals surface area contributed by atoms with Gasteiger partial charge in [0.05, 0.1) is 5.56 Å². The van der Waals surface area contributed by atoms with Gasteiger partial charge in [0.25, 0.3) is 5.91 Å². The predicted octanol–water partition coefficient (Wildman–Crippen LogP) is 1.76. The standard InChI is InChI=1S/C16H24FN3O/c1-16(2,3)19-15(21)13-6-4-5-12(14(13)17)11-20-9-7-18-8-10-20/h4-6,18H,7-11H2,1-3H3,(H,19,21). The first-order valence-corrected chi connectivity index (χ1v) is 7.40. The molecule has 0 atom stereocenters. The van der Waals surface area contributed by atoms with Crippen LogP contribution in [0.15, 0.2) is 18.2 Å². The van der Waals surface area contributed by atoms with E-state index in [0.717, 1.165) is 26.2 Å². The summed E-state index contributed by atoms with van der Waals surface area (Å²) in [5, 5.41) is 6.08. The van der Waals surface area contributed by atoms with Crippen molar-refractivity contribution in [3.63, 3.8) is 0 Å². The van der Waals surface area contributed by atoms with Crippen LogP contribution in [0.1, 0.15) is 36.7 Å². The number of carbonyl (C=O) groups is 1. The first-order valence-electron chi connectivity index (χ1n) is 7.40. The van der Waals surface area contributed by atoms with E-state index in [4.69, 9.17) is 0 Å². The molecule has 0 aliphatic carbocycles. The number of amides is 1. The average molecular weight is 293 g/mol. The molecule has 116 valence electrons. The second kappa shape index (κ2) is 6.54. The van der Waals surface area contributed by atoms with Gasteiger partial charge >= 0.3 is 0 Å². The highest BCUT2D eigenvalue weighted by atomic mass is 19.1. The van der Waals surface area contributed by atoms with Crippen molar-refractivity contribution in [2.24, 2.45) is 0 Å². The third-order valence-electron chi connectivity index (χ3n) is 3.42. The molecule has 1 aliphatic heterocycles. The van der Waals surface area contributed by atoms with E-state index >= 15 is 0 Å². The van der Waals surface area contributed by atoms with Crippen molar-refractivity contribution in [2.75, 3.05) is 26.2 Å². The van der Waals surface area contributed by atoms with Crippen molar-refractivity contribution in [1.82, 2.24) is 15.5 Å². The largest absolute Gasteiger partial charge is 0.347 e. The van der Waals surface area contributed by atoms with Crippen LogP contribution >= 0.6 is 0 Å². The zero-order valence-electron chi connectivity index (χ0n) is 13.0. The maximum absolute atomic E-state index is 14.6.